The average Bonchev–Trinajstić information content (AvgIpc) is 3.60. The molecule has 1 aliphatic carbocycles. The van der Waals surface area contributed by atoms with Crippen molar-refractivity contribution in [3.63, 3.8) is 0 Å². The number of carbonyl (C=O) groups excluding carboxylic acids is 2. The second-order valence-corrected chi connectivity index (χ2v) is 17.9. The van der Waals surface area contributed by atoms with Crippen molar-refractivity contribution < 1.29 is 42.6 Å². The van der Waals surface area contributed by atoms with E-state index < -0.39 is 18.1 Å². The minimum absolute atomic E-state index is 0.103. The van der Waals surface area contributed by atoms with Crippen LogP contribution in [0.2, 0.25) is 0 Å². The van der Waals surface area contributed by atoms with Gasteiger partial charge in [0.05, 0.1) is 17.6 Å². The molecule has 16 heteroatoms. The number of aromatic nitrogens is 2. The molecule has 2 amide bonds. The number of alkyl halides is 3. The Morgan fingerprint density at radius 3 is 2.24 bits per heavy atom. The van der Waals surface area contributed by atoms with Gasteiger partial charge in [-0.3, -0.25) is 9.59 Å². The van der Waals surface area contributed by atoms with E-state index in [1.165, 1.54) is 16.9 Å². The molecule has 316 valence electrons. The monoisotopic (exact) mass is 836 g/mol. The topological polar surface area (TPSA) is 165 Å². The number of pyridine rings is 1. The maximum Gasteiger partial charge on any atom is 0.490 e. The van der Waals surface area contributed by atoms with Crippen molar-refractivity contribution in [2.45, 2.75) is 83.5 Å². The minimum Gasteiger partial charge on any atom is -0.478 e. The predicted octanol–water partition coefficient (Wildman–Crippen LogP) is 6.96. The summed E-state index contributed by atoms with van der Waals surface area (Å²) in [5.41, 5.74) is 6.25. The number of halogens is 3. The highest BCUT2D eigenvalue weighted by Gasteiger charge is 2.38. The number of fused-ring (bicyclic) bond motifs is 2. The van der Waals surface area contributed by atoms with Crippen LogP contribution in [-0.2, 0) is 17.6 Å². The summed E-state index contributed by atoms with van der Waals surface area (Å²) in [5.74, 6) is -3.10. The lowest BCUT2D eigenvalue weighted by molar-refractivity contribution is -0.192. The first-order chi connectivity index (χ1) is 27.8. The first-order valence-corrected chi connectivity index (χ1v) is 20.7. The van der Waals surface area contributed by atoms with Crippen LogP contribution in [0.25, 0.3) is 10.3 Å². The van der Waals surface area contributed by atoms with Crippen molar-refractivity contribution in [1.82, 2.24) is 30.4 Å². The Labute approximate surface area is 345 Å². The summed E-state index contributed by atoms with van der Waals surface area (Å²) in [6.07, 6.45) is 0.497. The maximum absolute atomic E-state index is 13.9. The van der Waals surface area contributed by atoms with Gasteiger partial charge in [0.2, 0.25) is 0 Å². The van der Waals surface area contributed by atoms with Crippen molar-refractivity contribution in [2.24, 2.45) is 11.3 Å². The number of thiazole rings is 1. The first-order valence-electron chi connectivity index (χ1n) is 19.9. The molecule has 2 fully saturated rings. The molecule has 12 nitrogen and oxygen atoms in total. The van der Waals surface area contributed by atoms with E-state index in [9.17, 15) is 32.7 Å². The molecule has 0 unspecified atom stereocenters. The summed E-state index contributed by atoms with van der Waals surface area (Å²) in [6, 6.07) is 16.9. The summed E-state index contributed by atoms with van der Waals surface area (Å²) in [4.78, 5) is 62.7. The SMILES string of the molecule is CN1CC(NC(=O)c2cccc([C@@H](CCN3CCC(c4cccc(C(=O)O)c4)CC3)NC(=O)c3nc4cc5c(nc4s3)CC[C@H](C(C)(C)C)C5)c2)C1.O=C(O)C(F)(F)F. The Morgan fingerprint density at radius 1 is 0.915 bits per heavy atom. The third-order valence-electron chi connectivity index (χ3n) is 11.6. The number of hydrogen-bond donors (Lipinski definition) is 4. The molecule has 0 bridgehead atoms. The number of benzene rings is 2. The van der Waals surface area contributed by atoms with Gasteiger partial charge in [0.15, 0.2) is 5.01 Å². The molecule has 4 N–H and O–H groups in total. The molecule has 0 saturated carbocycles. The van der Waals surface area contributed by atoms with Gasteiger partial charge in [0.1, 0.15) is 10.3 Å². The Kier molecular flexibility index (Phi) is 13.4. The standard InChI is InChI=1S/C41H50N6O4S.C2HF3O2/c1-41(2,3)31-11-12-33-30(21-31)22-35-38(44-33)52-39(45-35)37(49)43-34(27-8-6-9-28(20-27)36(48)42-32-23-46(4)24-32)15-18-47-16-13-25(14-17-47)26-7-5-10-29(19-26)40(50)51;3-2(4,5)1(6)7/h5-10,19-20,22,25,31-32,34H,11-18,21,23-24H2,1-4H3,(H,42,48)(H,43,49)(H,50,51);(H,6,7)/t31-,34+;/m0./s1. The van der Waals surface area contributed by atoms with E-state index in [1.807, 2.05) is 43.4 Å². The van der Waals surface area contributed by atoms with Crippen molar-refractivity contribution in [3.05, 3.63) is 93.1 Å². The highest BCUT2D eigenvalue weighted by molar-refractivity contribution is 7.19. The summed E-state index contributed by atoms with van der Waals surface area (Å²) in [6.45, 7) is 11.1. The number of nitrogens with zero attached hydrogens (tertiary/aromatic N) is 4. The second-order valence-electron chi connectivity index (χ2n) is 16.9. The summed E-state index contributed by atoms with van der Waals surface area (Å²) in [7, 11) is 2.04. The van der Waals surface area contributed by atoms with Crippen molar-refractivity contribution in [1.29, 1.82) is 0 Å². The van der Waals surface area contributed by atoms with Gasteiger partial charge in [-0.1, -0.05) is 56.4 Å². The lowest BCUT2D eigenvalue weighted by Crippen LogP contribution is -2.57. The lowest BCUT2D eigenvalue weighted by atomic mass is 9.71. The smallest absolute Gasteiger partial charge is 0.478 e. The average molecular weight is 837 g/mol. The number of likely N-dealkylation sites (tertiary alicyclic amines) is 2. The molecular weight excluding hydrogens is 786 g/mol. The molecule has 0 spiro atoms. The zero-order valence-corrected chi connectivity index (χ0v) is 34.5. The van der Waals surface area contributed by atoms with Gasteiger partial charge in [-0.25, -0.2) is 19.6 Å². The van der Waals surface area contributed by atoms with Crippen molar-refractivity contribution in [2.75, 3.05) is 39.8 Å². The zero-order chi connectivity index (χ0) is 42.6. The van der Waals surface area contributed by atoms with Gasteiger partial charge in [0, 0.05) is 30.9 Å². The normalized spacial score (nSPS) is 18.5. The van der Waals surface area contributed by atoms with Crippen LogP contribution in [-0.4, -0.2) is 106 Å². The van der Waals surface area contributed by atoms with Gasteiger partial charge in [-0.2, -0.15) is 13.2 Å². The molecule has 4 heterocycles. The molecule has 2 aromatic carbocycles. The van der Waals surface area contributed by atoms with E-state index in [1.54, 1.807) is 12.1 Å². The van der Waals surface area contributed by atoms with Crippen LogP contribution in [0.1, 0.15) is 111 Å². The Hall–Kier alpha value is -4.93. The number of likely N-dealkylation sites (N-methyl/N-ethyl adjacent to an activating group) is 1. The maximum atomic E-state index is 13.9. The third kappa shape index (κ3) is 11.2. The van der Waals surface area contributed by atoms with E-state index in [4.69, 9.17) is 19.9 Å². The van der Waals surface area contributed by atoms with Gasteiger partial charge in [-0.05, 0) is 123 Å². The van der Waals surface area contributed by atoms with Gasteiger partial charge in [-0.15, -0.1) is 0 Å². The second kappa shape index (κ2) is 18.1. The fourth-order valence-corrected chi connectivity index (χ4v) is 8.92. The fourth-order valence-electron chi connectivity index (χ4n) is 8.07. The van der Waals surface area contributed by atoms with Crippen molar-refractivity contribution in [3.8, 4) is 0 Å². The highest BCUT2D eigenvalue weighted by atomic mass is 32.1. The van der Waals surface area contributed by atoms with E-state index >= 15 is 0 Å². The molecule has 4 aromatic rings. The largest absolute Gasteiger partial charge is 0.490 e. The number of amides is 2. The van der Waals surface area contributed by atoms with Gasteiger partial charge >= 0.3 is 18.1 Å². The van der Waals surface area contributed by atoms with E-state index in [-0.39, 0.29) is 29.3 Å². The van der Waals surface area contributed by atoms with Crippen LogP contribution in [0, 0.1) is 11.3 Å². The number of aliphatic carboxylic acids is 1. The molecule has 3 aliphatic rings. The van der Waals surface area contributed by atoms with Crippen LogP contribution in [0.4, 0.5) is 13.2 Å². The number of aromatic carboxylic acids is 1. The summed E-state index contributed by atoms with van der Waals surface area (Å²) >= 11 is 1.34. The zero-order valence-electron chi connectivity index (χ0n) is 33.6. The molecule has 0 radical (unpaired) electrons. The Balaban J connectivity index is 0.000000768. The molecule has 2 aliphatic heterocycles. The number of carboxylic acids is 2. The number of piperidine rings is 1. The fraction of sp³-hybridized carbons (Fsp3) is 0.488. The number of carboxylic acid groups (broad SMARTS) is 2. The highest BCUT2D eigenvalue weighted by Crippen LogP contribution is 2.38. The molecule has 2 atom stereocenters. The minimum atomic E-state index is -5.08. The summed E-state index contributed by atoms with van der Waals surface area (Å²) in [5, 5.41) is 23.4. The number of hydrogen-bond acceptors (Lipinski definition) is 9. The quantitative estimate of drug-likeness (QED) is 0.131. The first kappa shape index (κ1) is 43.6. The molecule has 59 heavy (non-hydrogen) atoms. The van der Waals surface area contributed by atoms with E-state index in [0.717, 1.165) is 92.0 Å². The molecule has 7 rings (SSSR count). The number of aryl methyl sites for hydroxylation is 1. The predicted molar refractivity (Wildman–Crippen MR) is 218 cm³/mol. The van der Waals surface area contributed by atoms with E-state index in [2.05, 4.69) is 47.3 Å². The van der Waals surface area contributed by atoms with Crippen LogP contribution in [0.3, 0.4) is 0 Å². The molecular formula is C43H51F3N6O6S. The number of rotatable bonds is 10. The molecule has 2 aromatic heterocycles. The van der Waals surface area contributed by atoms with Gasteiger partial charge in [0.25, 0.3) is 11.8 Å². The van der Waals surface area contributed by atoms with Crippen LogP contribution < -0.4 is 10.6 Å². The van der Waals surface area contributed by atoms with Crippen molar-refractivity contribution >= 4 is 45.4 Å². The van der Waals surface area contributed by atoms with Gasteiger partial charge < -0.3 is 30.6 Å². The number of nitrogens with one attached hydrogen (secondary N) is 2. The summed E-state index contributed by atoms with van der Waals surface area (Å²) < 4.78 is 31.7. The molecule has 2 saturated heterocycles. The Morgan fingerprint density at radius 2 is 1.59 bits per heavy atom. The Bertz CT molecular complexity index is 2170. The van der Waals surface area contributed by atoms with Crippen LogP contribution >= 0.6 is 11.3 Å². The van der Waals surface area contributed by atoms with E-state index in [0.29, 0.717) is 34.4 Å². The number of carbonyl (C=O) groups is 4. The van der Waals surface area contributed by atoms with Crippen LogP contribution in [0.5, 0.6) is 0 Å². The third-order valence-corrected chi connectivity index (χ3v) is 12.6. The van der Waals surface area contributed by atoms with Crippen LogP contribution in [0.15, 0.2) is 54.6 Å². The lowest BCUT2D eigenvalue weighted by Gasteiger charge is -2.36.